The molecule has 0 N–H and O–H groups in total. The van der Waals surface area contributed by atoms with Crippen LogP contribution in [-0.2, 0) is 4.74 Å². The Hall–Kier alpha value is -0.460. The summed E-state index contributed by atoms with van der Waals surface area (Å²) >= 11 is 0. The molecule has 0 heterocycles. The zero-order valence-electron chi connectivity index (χ0n) is 10.1. The fourth-order valence-corrected chi connectivity index (χ4v) is 1.49. The van der Waals surface area contributed by atoms with Crippen LogP contribution in [0.2, 0.25) is 0 Å². The van der Waals surface area contributed by atoms with Crippen LogP contribution in [-0.4, -0.2) is 7.11 Å². The van der Waals surface area contributed by atoms with Crippen LogP contribution >= 0.6 is 0 Å². The van der Waals surface area contributed by atoms with E-state index in [1.165, 1.54) is 50.7 Å². The quantitative estimate of drug-likeness (QED) is 0.386. The average molecular weight is 198 g/mol. The van der Waals surface area contributed by atoms with Crippen molar-refractivity contribution in [3.63, 3.8) is 0 Å². The summed E-state index contributed by atoms with van der Waals surface area (Å²) in [4.78, 5) is 0. The Morgan fingerprint density at radius 3 is 2.21 bits per heavy atom. The van der Waals surface area contributed by atoms with Crippen molar-refractivity contribution in [1.82, 2.24) is 0 Å². The lowest BCUT2D eigenvalue weighted by atomic mass is 10.1. The van der Waals surface area contributed by atoms with Gasteiger partial charge in [-0.25, -0.2) is 0 Å². The predicted octanol–water partition coefficient (Wildman–Crippen LogP) is 4.68. The minimum absolute atomic E-state index is 1.12. The smallest absolute Gasteiger partial charge is 0.0915 e. The summed E-state index contributed by atoms with van der Waals surface area (Å²) in [7, 11) is 1.79. The molecule has 0 aliphatic carbocycles. The first-order valence-corrected chi connectivity index (χ1v) is 6.08. The van der Waals surface area contributed by atoms with Gasteiger partial charge in [0.1, 0.15) is 0 Å². The molecule has 0 aromatic carbocycles. The van der Waals surface area contributed by atoms with Gasteiger partial charge in [-0.1, -0.05) is 39.5 Å². The lowest BCUT2D eigenvalue weighted by Gasteiger charge is -2.05. The molecule has 0 aliphatic heterocycles. The van der Waals surface area contributed by atoms with E-state index in [-0.39, 0.29) is 0 Å². The third-order valence-corrected chi connectivity index (χ3v) is 2.47. The summed E-state index contributed by atoms with van der Waals surface area (Å²) in [6.45, 7) is 4.47. The topological polar surface area (TPSA) is 9.23 Å². The van der Waals surface area contributed by atoms with E-state index in [1.54, 1.807) is 7.11 Å². The Morgan fingerprint density at radius 1 is 1.00 bits per heavy atom. The van der Waals surface area contributed by atoms with Gasteiger partial charge in [0.2, 0.25) is 0 Å². The standard InChI is InChI=1S/C13H26O/c1-4-6-8-10-12-13(14-3)11-9-7-5-2/h12H,4-11H2,1-3H3/b13-12-. The Kier molecular flexibility index (Phi) is 10.3. The Bertz CT molecular complexity index is 138. The van der Waals surface area contributed by atoms with Crippen molar-refractivity contribution in [2.24, 2.45) is 0 Å². The van der Waals surface area contributed by atoms with Gasteiger partial charge in [-0.15, -0.1) is 0 Å². The minimum atomic E-state index is 1.12. The zero-order valence-corrected chi connectivity index (χ0v) is 10.1. The monoisotopic (exact) mass is 198 g/mol. The van der Waals surface area contributed by atoms with E-state index >= 15 is 0 Å². The van der Waals surface area contributed by atoms with E-state index in [0.29, 0.717) is 0 Å². The first kappa shape index (κ1) is 13.5. The lowest BCUT2D eigenvalue weighted by molar-refractivity contribution is 0.272. The van der Waals surface area contributed by atoms with Gasteiger partial charge in [-0.05, 0) is 25.3 Å². The van der Waals surface area contributed by atoms with Crippen molar-refractivity contribution in [3.05, 3.63) is 11.8 Å². The molecule has 84 valence electrons. The predicted molar refractivity (Wildman–Crippen MR) is 63.4 cm³/mol. The lowest BCUT2D eigenvalue weighted by Crippen LogP contribution is -1.88. The molecule has 14 heavy (non-hydrogen) atoms. The molecule has 0 aromatic rings. The highest BCUT2D eigenvalue weighted by atomic mass is 16.5. The number of allylic oxidation sites excluding steroid dienone is 2. The number of unbranched alkanes of at least 4 members (excludes halogenated alkanes) is 5. The molecule has 0 rings (SSSR count). The van der Waals surface area contributed by atoms with Crippen LogP contribution in [0, 0.1) is 0 Å². The summed E-state index contributed by atoms with van der Waals surface area (Å²) in [5, 5.41) is 0. The maximum atomic E-state index is 5.34. The molecule has 1 heteroatoms. The van der Waals surface area contributed by atoms with Gasteiger partial charge in [-0.2, -0.15) is 0 Å². The van der Waals surface area contributed by atoms with Crippen LogP contribution in [0.15, 0.2) is 11.8 Å². The van der Waals surface area contributed by atoms with Crippen molar-refractivity contribution < 1.29 is 4.74 Å². The van der Waals surface area contributed by atoms with Gasteiger partial charge in [0.25, 0.3) is 0 Å². The molecule has 0 bridgehead atoms. The highest BCUT2D eigenvalue weighted by molar-refractivity contribution is 4.92. The van der Waals surface area contributed by atoms with E-state index in [1.807, 2.05) is 0 Å². The van der Waals surface area contributed by atoms with E-state index in [4.69, 9.17) is 4.74 Å². The zero-order chi connectivity index (χ0) is 10.6. The van der Waals surface area contributed by atoms with Gasteiger partial charge < -0.3 is 4.74 Å². The largest absolute Gasteiger partial charge is 0.501 e. The van der Waals surface area contributed by atoms with E-state index in [0.717, 1.165) is 6.42 Å². The van der Waals surface area contributed by atoms with Crippen molar-refractivity contribution in [3.8, 4) is 0 Å². The van der Waals surface area contributed by atoms with Crippen LogP contribution in [0.3, 0.4) is 0 Å². The molecule has 0 unspecified atom stereocenters. The Balaban J connectivity index is 3.53. The normalized spacial score (nSPS) is 11.8. The highest BCUT2D eigenvalue weighted by Gasteiger charge is 1.95. The number of ether oxygens (including phenoxy) is 1. The third-order valence-electron chi connectivity index (χ3n) is 2.47. The molecule has 0 atom stereocenters. The highest BCUT2D eigenvalue weighted by Crippen LogP contribution is 2.11. The number of methoxy groups -OCH3 is 1. The Labute approximate surface area is 89.5 Å². The third kappa shape index (κ3) is 8.15. The average Bonchev–Trinajstić information content (AvgIpc) is 2.22. The first-order valence-electron chi connectivity index (χ1n) is 6.08. The van der Waals surface area contributed by atoms with Gasteiger partial charge in [0.05, 0.1) is 12.9 Å². The molecule has 0 amide bonds. The molecule has 1 nitrogen and oxygen atoms in total. The maximum absolute atomic E-state index is 5.34. The molecule has 0 fully saturated rings. The minimum Gasteiger partial charge on any atom is -0.501 e. The molecule has 0 aliphatic rings. The number of hydrogen-bond donors (Lipinski definition) is 0. The van der Waals surface area contributed by atoms with Gasteiger partial charge in [-0.3, -0.25) is 0 Å². The van der Waals surface area contributed by atoms with Crippen molar-refractivity contribution in [2.45, 2.75) is 65.2 Å². The van der Waals surface area contributed by atoms with Crippen molar-refractivity contribution in [1.29, 1.82) is 0 Å². The molecule has 0 spiro atoms. The molecule has 0 saturated carbocycles. The second-order valence-electron chi connectivity index (χ2n) is 3.83. The van der Waals surface area contributed by atoms with Crippen LogP contribution in [0.4, 0.5) is 0 Å². The van der Waals surface area contributed by atoms with E-state index in [9.17, 15) is 0 Å². The summed E-state index contributed by atoms with van der Waals surface area (Å²) in [5.74, 6) is 1.19. The van der Waals surface area contributed by atoms with E-state index < -0.39 is 0 Å². The van der Waals surface area contributed by atoms with Crippen LogP contribution < -0.4 is 0 Å². The summed E-state index contributed by atoms with van der Waals surface area (Å²) < 4.78 is 5.34. The second-order valence-corrected chi connectivity index (χ2v) is 3.83. The fraction of sp³-hybridized carbons (Fsp3) is 0.846. The SMILES string of the molecule is CCCCC/C=C(/CCCCC)OC. The van der Waals surface area contributed by atoms with Gasteiger partial charge >= 0.3 is 0 Å². The molecular weight excluding hydrogens is 172 g/mol. The van der Waals surface area contributed by atoms with Crippen LogP contribution in [0.25, 0.3) is 0 Å². The first-order chi connectivity index (χ1) is 6.85. The Morgan fingerprint density at radius 2 is 1.64 bits per heavy atom. The maximum Gasteiger partial charge on any atom is 0.0915 e. The van der Waals surface area contributed by atoms with Gasteiger partial charge in [0, 0.05) is 6.42 Å². The van der Waals surface area contributed by atoms with Crippen LogP contribution in [0.5, 0.6) is 0 Å². The number of rotatable bonds is 9. The number of hydrogen-bond acceptors (Lipinski definition) is 1. The van der Waals surface area contributed by atoms with E-state index in [2.05, 4.69) is 19.9 Å². The summed E-state index contributed by atoms with van der Waals surface area (Å²) in [6, 6.07) is 0. The van der Waals surface area contributed by atoms with Crippen molar-refractivity contribution >= 4 is 0 Å². The van der Waals surface area contributed by atoms with Crippen LogP contribution in [0.1, 0.15) is 65.2 Å². The summed E-state index contributed by atoms with van der Waals surface area (Å²) in [6.07, 6.45) is 12.4. The molecule has 0 saturated heterocycles. The fourth-order valence-electron chi connectivity index (χ4n) is 1.49. The molecular formula is C13H26O. The second kappa shape index (κ2) is 10.6. The van der Waals surface area contributed by atoms with Gasteiger partial charge in [0.15, 0.2) is 0 Å². The van der Waals surface area contributed by atoms with Crippen molar-refractivity contribution in [2.75, 3.05) is 7.11 Å². The molecule has 0 radical (unpaired) electrons. The summed E-state index contributed by atoms with van der Waals surface area (Å²) in [5.41, 5.74) is 0. The molecule has 0 aromatic heterocycles.